The van der Waals surface area contributed by atoms with Crippen LogP contribution in [0.4, 0.5) is 11.4 Å². The molecule has 0 fully saturated rings. The van der Waals surface area contributed by atoms with Crippen molar-refractivity contribution in [1.29, 1.82) is 0 Å². The van der Waals surface area contributed by atoms with Gasteiger partial charge in [0.2, 0.25) is 0 Å². The number of hydrogen-bond donors (Lipinski definition) is 1. The molecule has 2 aromatic carbocycles. The van der Waals surface area contributed by atoms with Crippen LogP contribution in [-0.2, 0) is 10.1 Å². The monoisotopic (exact) mass is 315 g/mol. The van der Waals surface area contributed by atoms with E-state index in [0.717, 1.165) is 18.2 Å². The Hall–Kier alpha value is -1.45. The summed E-state index contributed by atoms with van der Waals surface area (Å²) in [5, 5.41) is 27.8. The molecule has 0 aliphatic rings. The second-order valence-electron chi connectivity index (χ2n) is 3.80. The van der Waals surface area contributed by atoms with Crippen LogP contribution in [0.25, 0.3) is 0 Å². The number of phenols is 1. The fourth-order valence-corrected chi connectivity index (χ4v) is 1.91. The van der Waals surface area contributed by atoms with Gasteiger partial charge in [-0.1, -0.05) is 11.8 Å². The Kier molecular flexibility index (Phi) is 5.87. The van der Waals surface area contributed by atoms with Gasteiger partial charge in [0, 0.05) is 0 Å². The van der Waals surface area contributed by atoms with Crippen LogP contribution in [-0.4, -0.2) is 18.1 Å². The summed E-state index contributed by atoms with van der Waals surface area (Å²) in [4.78, 5) is -0.429. The van der Waals surface area contributed by atoms with Gasteiger partial charge in [-0.25, -0.2) is 8.42 Å². The van der Waals surface area contributed by atoms with Gasteiger partial charge in [-0.15, -0.1) is 0 Å². The maximum absolute atomic E-state index is 11.4. The van der Waals surface area contributed by atoms with Crippen molar-refractivity contribution in [2.24, 2.45) is 10.2 Å². The van der Waals surface area contributed by atoms with Crippen LogP contribution in [0.15, 0.2) is 57.6 Å². The quantitative estimate of drug-likeness (QED) is 0.432. The molecule has 0 saturated heterocycles. The summed E-state index contributed by atoms with van der Waals surface area (Å²) >= 11 is 0. The number of nitrogens with zero attached hydrogens (tertiary/aromatic N) is 2. The molecule has 0 heterocycles. The number of benzene rings is 2. The Bertz CT molecular complexity index is 777. The molecular weight excluding hydrogens is 307 g/mol. The summed E-state index contributed by atoms with van der Waals surface area (Å²) in [6, 6.07) is 8.49. The molecular formula is C12H8N2NaO5S-. The minimum Gasteiger partial charge on any atom is -0.871 e. The van der Waals surface area contributed by atoms with E-state index >= 15 is 0 Å². The molecule has 0 unspecified atom stereocenters. The summed E-state index contributed by atoms with van der Waals surface area (Å²) in [5.41, 5.74) is 0.104. The molecule has 0 atom stereocenters. The van der Waals surface area contributed by atoms with Gasteiger partial charge in [-0.05, 0) is 36.4 Å². The first-order valence-electron chi connectivity index (χ1n) is 5.34. The average Bonchev–Trinajstić information content (AvgIpc) is 2.37. The van der Waals surface area contributed by atoms with Gasteiger partial charge in [0.1, 0.15) is 15.9 Å². The van der Waals surface area contributed by atoms with Crippen LogP contribution in [0.1, 0.15) is 0 Å². The summed E-state index contributed by atoms with van der Waals surface area (Å²) in [6.45, 7) is 0. The normalized spacial score (nSPS) is 11.3. The SMILES string of the molecule is O=S(=O)([O-])c1cccc(N=Nc2ccc(O)cc2[O-])c1.[Na+]. The van der Waals surface area contributed by atoms with Gasteiger partial charge in [0.15, 0.2) is 0 Å². The zero-order chi connectivity index (χ0) is 14.8. The maximum atomic E-state index is 11.4. The molecule has 104 valence electrons. The predicted molar refractivity (Wildman–Crippen MR) is 66.1 cm³/mol. The molecule has 0 aromatic heterocycles. The molecule has 2 rings (SSSR count). The van der Waals surface area contributed by atoms with Crippen molar-refractivity contribution in [3.05, 3.63) is 42.5 Å². The van der Waals surface area contributed by atoms with Crippen LogP contribution in [0.2, 0.25) is 0 Å². The first-order valence-corrected chi connectivity index (χ1v) is 6.75. The summed E-state index contributed by atoms with van der Waals surface area (Å²) in [5.74, 6) is -0.713. The van der Waals surface area contributed by atoms with Gasteiger partial charge in [-0.3, -0.25) is 0 Å². The molecule has 0 radical (unpaired) electrons. The minimum absolute atomic E-state index is 0. The van der Waals surface area contributed by atoms with E-state index in [9.17, 15) is 18.1 Å². The van der Waals surface area contributed by atoms with Gasteiger partial charge >= 0.3 is 29.6 Å². The number of rotatable bonds is 3. The summed E-state index contributed by atoms with van der Waals surface area (Å²) in [7, 11) is -4.57. The van der Waals surface area contributed by atoms with Crippen LogP contribution in [0.5, 0.6) is 11.5 Å². The van der Waals surface area contributed by atoms with E-state index in [2.05, 4.69) is 10.2 Å². The molecule has 0 amide bonds. The van der Waals surface area contributed by atoms with E-state index in [4.69, 9.17) is 5.11 Å². The molecule has 1 N–H and O–H groups in total. The van der Waals surface area contributed by atoms with Crippen molar-refractivity contribution in [2.75, 3.05) is 0 Å². The number of phenolic OH excluding ortho intramolecular Hbond substituents is 1. The Morgan fingerprint density at radius 3 is 2.38 bits per heavy atom. The van der Waals surface area contributed by atoms with Crippen LogP contribution < -0.4 is 34.7 Å². The summed E-state index contributed by atoms with van der Waals surface area (Å²) in [6.07, 6.45) is 0. The Labute approximate surface area is 143 Å². The van der Waals surface area contributed by atoms with Crippen LogP contribution in [0.3, 0.4) is 0 Å². The van der Waals surface area contributed by atoms with E-state index < -0.39 is 20.8 Å². The Morgan fingerprint density at radius 2 is 1.76 bits per heavy atom. The van der Waals surface area contributed by atoms with Crippen LogP contribution in [0, 0.1) is 0 Å². The molecule has 0 aliphatic carbocycles. The third kappa shape index (κ3) is 4.80. The number of azo groups is 1. The Balaban J connectivity index is 0.00000220. The van der Waals surface area contributed by atoms with E-state index in [-0.39, 0.29) is 46.7 Å². The minimum atomic E-state index is -4.57. The van der Waals surface area contributed by atoms with Crippen molar-refractivity contribution in [3.63, 3.8) is 0 Å². The fourth-order valence-electron chi connectivity index (χ4n) is 1.40. The molecule has 0 saturated carbocycles. The topological polar surface area (TPSA) is 125 Å². The summed E-state index contributed by atoms with van der Waals surface area (Å²) < 4.78 is 32.5. The largest absolute Gasteiger partial charge is 1.00 e. The molecule has 9 heteroatoms. The third-order valence-corrected chi connectivity index (χ3v) is 3.15. The fraction of sp³-hybridized carbons (Fsp3) is 0. The predicted octanol–water partition coefficient (Wildman–Crippen LogP) is -1.21. The van der Waals surface area contributed by atoms with E-state index in [1.54, 1.807) is 0 Å². The average molecular weight is 315 g/mol. The second-order valence-corrected chi connectivity index (χ2v) is 5.18. The standard InChI is InChI=1S/C12H10N2O5S.Na/c15-9-4-5-11(12(16)7-9)14-13-8-2-1-3-10(6-8)20(17,18)19;/h1-7,15-16H,(H,17,18,19);/q;+1/p-2. The Morgan fingerprint density at radius 1 is 1.05 bits per heavy atom. The van der Waals surface area contributed by atoms with Gasteiger partial charge < -0.3 is 14.8 Å². The first-order chi connectivity index (χ1) is 9.36. The molecule has 21 heavy (non-hydrogen) atoms. The zero-order valence-corrected chi connectivity index (χ0v) is 13.7. The smallest absolute Gasteiger partial charge is 0.871 e. The zero-order valence-electron chi connectivity index (χ0n) is 10.9. The van der Waals surface area contributed by atoms with Crippen molar-refractivity contribution < 1.29 is 52.7 Å². The maximum Gasteiger partial charge on any atom is 1.00 e. The van der Waals surface area contributed by atoms with Crippen molar-refractivity contribution in [1.82, 2.24) is 0 Å². The van der Waals surface area contributed by atoms with Crippen molar-refractivity contribution >= 4 is 21.5 Å². The first kappa shape index (κ1) is 17.6. The van der Waals surface area contributed by atoms with E-state index in [1.165, 1.54) is 24.3 Å². The van der Waals surface area contributed by atoms with Crippen molar-refractivity contribution in [2.45, 2.75) is 4.90 Å². The molecule has 0 aliphatic heterocycles. The van der Waals surface area contributed by atoms with E-state index in [1.807, 2.05) is 0 Å². The van der Waals surface area contributed by atoms with Gasteiger partial charge in [0.25, 0.3) is 0 Å². The van der Waals surface area contributed by atoms with Crippen molar-refractivity contribution in [3.8, 4) is 11.5 Å². The van der Waals surface area contributed by atoms with Gasteiger partial charge in [0.05, 0.1) is 16.3 Å². The van der Waals surface area contributed by atoms with E-state index in [0.29, 0.717) is 0 Å². The molecule has 0 spiro atoms. The number of hydrogen-bond acceptors (Lipinski definition) is 7. The van der Waals surface area contributed by atoms with Crippen LogP contribution >= 0.6 is 0 Å². The molecule has 0 bridgehead atoms. The molecule has 7 nitrogen and oxygen atoms in total. The van der Waals surface area contributed by atoms with Gasteiger partial charge in [-0.2, -0.15) is 10.2 Å². The third-order valence-electron chi connectivity index (χ3n) is 2.32. The second kappa shape index (κ2) is 7.01. The molecule has 2 aromatic rings. The number of aromatic hydroxyl groups is 1.